The molecule has 1 aliphatic carbocycles. The number of hydrogen-bond donors (Lipinski definition) is 1. The zero-order valence-corrected chi connectivity index (χ0v) is 16.0. The molecule has 0 saturated carbocycles. The van der Waals surface area contributed by atoms with Gasteiger partial charge >= 0.3 is 0 Å². The number of thiazole rings is 1. The molecule has 2 aromatic heterocycles. The van der Waals surface area contributed by atoms with Gasteiger partial charge in [-0.2, -0.15) is 4.98 Å². The number of para-hydroxylation sites is 1. The maximum Gasteiger partial charge on any atom is 0.261 e. The van der Waals surface area contributed by atoms with Crippen molar-refractivity contribution in [3.8, 4) is 5.75 Å². The van der Waals surface area contributed by atoms with Crippen molar-refractivity contribution in [1.82, 2.24) is 15.1 Å². The van der Waals surface area contributed by atoms with Gasteiger partial charge < -0.3 is 9.26 Å². The number of aromatic nitrogens is 3. The Bertz CT molecular complexity index is 966. The van der Waals surface area contributed by atoms with Gasteiger partial charge in [0.2, 0.25) is 11.7 Å². The van der Waals surface area contributed by atoms with E-state index in [1.54, 1.807) is 36.5 Å². The van der Waals surface area contributed by atoms with E-state index < -0.39 is 0 Å². The number of nitrogens with zero attached hydrogens (tertiary/aromatic N) is 3. The zero-order valence-electron chi connectivity index (χ0n) is 15.2. The third-order valence-corrected chi connectivity index (χ3v) is 5.50. The number of nitrogens with one attached hydrogen (secondary N) is 1. The lowest BCUT2D eigenvalue weighted by Gasteiger charge is -2.15. The lowest BCUT2D eigenvalue weighted by atomic mass is 9.93. The molecule has 1 amide bonds. The van der Waals surface area contributed by atoms with E-state index in [-0.39, 0.29) is 12.5 Å². The minimum Gasteiger partial charge on any atom is -0.485 e. The van der Waals surface area contributed by atoms with Crippen LogP contribution in [-0.2, 0) is 19.4 Å². The summed E-state index contributed by atoms with van der Waals surface area (Å²) in [5, 5.41) is 7.35. The van der Waals surface area contributed by atoms with Crippen LogP contribution < -0.4 is 10.1 Å². The molecule has 1 atom stereocenters. The molecule has 1 aliphatic rings. The predicted molar refractivity (Wildman–Crippen MR) is 101 cm³/mol. The fourth-order valence-electron chi connectivity index (χ4n) is 3.08. The Morgan fingerprint density at radius 1 is 1.37 bits per heavy atom. The predicted octanol–water partition coefficient (Wildman–Crippen LogP) is 3.79. The van der Waals surface area contributed by atoms with Gasteiger partial charge in [0.05, 0.1) is 11.3 Å². The zero-order chi connectivity index (χ0) is 18.8. The molecule has 0 radical (unpaired) electrons. The first-order chi connectivity index (χ1) is 13.1. The maximum atomic E-state index is 12.8. The summed E-state index contributed by atoms with van der Waals surface area (Å²) in [4.78, 5) is 22.7. The number of ether oxygens (including phenoxy) is 1. The highest BCUT2D eigenvalue weighted by molar-refractivity contribution is 7.15. The van der Waals surface area contributed by atoms with Gasteiger partial charge in [0.1, 0.15) is 5.75 Å². The summed E-state index contributed by atoms with van der Waals surface area (Å²) in [6, 6.07) is 7.09. The van der Waals surface area contributed by atoms with Crippen molar-refractivity contribution in [2.45, 2.75) is 39.7 Å². The van der Waals surface area contributed by atoms with Gasteiger partial charge in [-0.25, -0.2) is 4.98 Å². The largest absolute Gasteiger partial charge is 0.485 e. The third-order valence-electron chi connectivity index (χ3n) is 4.46. The molecule has 140 valence electrons. The van der Waals surface area contributed by atoms with Gasteiger partial charge in [-0.1, -0.05) is 24.2 Å². The summed E-state index contributed by atoms with van der Waals surface area (Å²) in [6.45, 7) is 4.09. The number of hydrogen-bond acceptors (Lipinski definition) is 7. The lowest BCUT2D eigenvalue weighted by Crippen LogP contribution is -2.14. The van der Waals surface area contributed by atoms with Gasteiger partial charge in [0.25, 0.3) is 5.91 Å². The molecule has 8 heteroatoms. The Morgan fingerprint density at radius 2 is 2.22 bits per heavy atom. The first-order valence-corrected chi connectivity index (χ1v) is 9.71. The Balaban J connectivity index is 1.47. The highest BCUT2D eigenvalue weighted by Crippen LogP contribution is 2.32. The van der Waals surface area contributed by atoms with E-state index in [4.69, 9.17) is 9.26 Å². The number of benzene rings is 1. The van der Waals surface area contributed by atoms with Crippen LogP contribution in [0.5, 0.6) is 5.75 Å². The van der Waals surface area contributed by atoms with E-state index in [2.05, 4.69) is 27.4 Å². The van der Waals surface area contributed by atoms with Crippen molar-refractivity contribution in [2.75, 3.05) is 5.32 Å². The van der Waals surface area contributed by atoms with E-state index in [9.17, 15) is 4.79 Å². The van der Waals surface area contributed by atoms with E-state index in [1.165, 1.54) is 4.88 Å². The molecule has 4 rings (SSSR count). The van der Waals surface area contributed by atoms with Crippen LogP contribution in [0.3, 0.4) is 0 Å². The number of fused-ring (bicyclic) bond motifs is 1. The Morgan fingerprint density at radius 3 is 3.04 bits per heavy atom. The first kappa shape index (κ1) is 17.7. The molecule has 0 aliphatic heterocycles. The van der Waals surface area contributed by atoms with Crippen LogP contribution in [0.25, 0.3) is 0 Å². The average molecular weight is 384 g/mol. The summed E-state index contributed by atoms with van der Waals surface area (Å²) in [6.07, 6.45) is 3.16. The summed E-state index contributed by atoms with van der Waals surface area (Å²) in [5.41, 5.74) is 1.56. The van der Waals surface area contributed by atoms with Crippen molar-refractivity contribution < 1.29 is 14.1 Å². The van der Waals surface area contributed by atoms with Gasteiger partial charge in [0.15, 0.2) is 11.7 Å². The molecule has 27 heavy (non-hydrogen) atoms. The number of rotatable bonds is 5. The van der Waals surface area contributed by atoms with Crippen LogP contribution >= 0.6 is 11.3 Å². The van der Waals surface area contributed by atoms with Crippen molar-refractivity contribution >= 4 is 22.4 Å². The van der Waals surface area contributed by atoms with Crippen LogP contribution in [0.4, 0.5) is 5.13 Å². The van der Waals surface area contributed by atoms with Crippen LogP contribution in [0.2, 0.25) is 0 Å². The van der Waals surface area contributed by atoms with Crippen molar-refractivity contribution in [3.63, 3.8) is 0 Å². The van der Waals surface area contributed by atoms with Crippen LogP contribution in [0.1, 0.15) is 46.0 Å². The van der Waals surface area contributed by atoms with Gasteiger partial charge in [-0.05, 0) is 37.3 Å². The molecule has 2 heterocycles. The lowest BCUT2D eigenvalue weighted by molar-refractivity contribution is 0.102. The molecule has 3 aromatic rings. The fourth-order valence-corrected chi connectivity index (χ4v) is 4.25. The standard InChI is InChI=1S/C19H20N4O3S/c1-11-7-8-14-16(9-11)27-19(21-14)22-18(24)13-5-3-4-6-15(13)25-10-17-20-12(2)26-23-17/h3-6,11H,7-10H2,1-2H3,(H,21,22,24). The molecule has 1 aromatic carbocycles. The topological polar surface area (TPSA) is 90.1 Å². The highest BCUT2D eigenvalue weighted by atomic mass is 32.1. The molecule has 0 fully saturated rings. The van der Waals surface area contributed by atoms with Crippen molar-refractivity contribution in [1.29, 1.82) is 0 Å². The summed E-state index contributed by atoms with van der Waals surface area (Å²) in [7, 11) is 0. The summed E-state index contributed by atoms with van der Waals surface area (Å²) >= 11 is 1.56. The highest BCUT2D eigenvalue weighted by Gasteiger charge is 2.21. The van der Waals surface area contributed by atoms with Crippen LogP contribution in [0.15, 0.2) is 28.8 Å². The second kappa shape index (κ2) is 7.48. The average Bonchev–Trinajstić information content (AvgIpc) is 3.25. The fraction of sp³-hybridized carbons (Fsp3) is 0.368. The molecular weight excluding hydrogens is 364 g/mol. The summed E-state index contributed by atoms with van der Waals surface area (Å²) < 4.78 is 10.7. The molecule has 0 bridgehead atoms. The molecule has 7 nitrogen and oxygen atoms in total. The monoisotopic (exact) mass is 384 g/mol. The second-order valence-corrected chi connectivity index (χ2v) is 7.79. The molecule has 0 spiro atoms. The molecule has 1 unspecified atom stereocenters. The van der Waals surface area contributed by atoms with E-state index >= 15 is 0 Å². The molecule has 1 N–H and O–H groups in total. The Kier molecular flexibility index (Phi) is 4.89. The van der Waals surface area contributed by atoms with E-state index in [1.807, 2.05) is 6.07 Å². The third kappa shape index (κ3) is 4.00. The Labute approximate surface area is 160 Å². The normalized spacial score (nSPS) is 16.0. The first-order valence-electron chi connectivity index (χ1n) is 8.89. The maximum absolute atomic E-state index is 12.8. The number of anilines is 1. The number of aryl methyl sites for hydroxylation is 2. The molecule has 0 saturated heterocycles. The van der Waals surface area contributed by atoms with Gasteiger partial charge in [-0.3, -0.25) is 10.1 Å². The smallest absolute Gasteiger partial charge is 0.261 e. The minimum absolute atomic E-state index is 0.130. The SMILES string of the molecule is Cc1nc(COc2ccccc2C(=O)Nc2nc3c(s2)CC(C)CC3)no1. The van der Waals surface area contributed by atoms with Crippen molar-refractivity contribution in [3.05, 3.63) is 52.1 Å². The van der Waals surface area contributed by atoms with Crippen molar-refractivity contribution in [2.24, 2.45) is 5.92 Å². The van der Waals surface area contributed by atoms with E-state index in [0.717, 1.165) is 25.0 Å². The number of amides is 1. The number of carbonyl (C=O) groups excluding carboxylic acids is 1. The van der Waals surface area contributed by atoms with Gasteiger partial charge in [-0.15, -0.1) is 11.3 Å². The Hall–Kier alpha value is -2.74. The van der Waals surface area contributed by atoms with Crippen LogP contribution in [0, 0.1) is 12.8 Å². The molecular formula is C19H20N4O3S. The number of carbonyl (C=O) groups is 1. The van der Waals surface area contributed by atoms with Crippen LogP contribution in [-0.4, -0.2) is 21.0 Å². The van der Waals surface area contributed by atoms with Gasteiger partial charge in [0, 0.05) is 11.8 Å². The quantitative estimate of drug-likeness (QED) is 0.720. The summed E-state index contributed by atoms with van der Waals surface area (Å²) in [5.74, 6) is 1.80. The second-order valence-electron chi connectivity index (χ2n) is 6.71. The minimum atomic E-state index is -0.242. The van der Waals surface area contributed by atoms with E-state index in [0.29, 0.717) is 34.1 Å².